The normalized spacial score (nSPS) is 45.5. The zero-order valence-corrected chi connectivity index (χ0v) is 10.6. The van der Waals surface area contributed by atoms with Gasteiger partial charge < -0.3 is 30.3 Å². The van der Waals surface area contributed by atoms with Crippen molar-refractivity contribution >= 4 is 27.3 Å². The van der Waals surface area contributed by atoms with Crippen molar-refractivity contribution in [1.29, 1.82) is 0 Å². The van der Waals surface area contributed by atoms with Crippen LogP contribution >= 0.6 is 0 Å². The zero-order chi connectivity index (χ0) is 9.30. The number of hydrogen-bond donors (Lipinski definition) is 5. The first kappa shape index (κ1) is 13.7. The van der Waals surface area contributed by atoms with Gasteiger partial charge in [0.1, 0.15) is 24.4 Å². The van der Waals surface area contributed by atoms with E-state index in [1.807, 2.05) is 0 Å². The molecule has 5 N–H and O–H groups in total. The first-order chi connectivity index (χ1) is 5.57. The van der Waals surface area contributed by atoms with E-state index < -0.39 is 37.3 Å². The van der Waals surface area contributed by atoms with Gasteiger partial charge in [-0.3, -0.25) is 0 Å². The Bertz CT molecular complexity index is 151. The maximum Gasteiger partial charge on any atom is 0.184 e. The minimum atomic E-state index is -1.57. The first-order valence-electron chi connectivity index (χ1n) is 3.56. The van der Waals surface area contributed by atoms with Crippen LogP contribution in [0.4, 0.5) is 0 Å². The Balaban J connectivity index is 0.00000144. The van der Waals surface area contributed by atoms with E-state index in [0.717, 1.165) is 0 Å². The minimum absolute atomic E-state index is 0. The summed E-state index contributed by atoms with van der Waals surface area (Å²) in [4.78, 5) is 0. The number of ether oxygens (including phenoxy) is 1. The molecule has 6 nitrogen and oxygen atoms in total. The molecule has 1 unspecified atom stereocenters. The SMILES string of the molecule is OC[C@H]1OC(O)[C@@H](O)[C@@H](O)[C@@H]1O.[Pb]. The minimum Gasteiger partial charge on any atom is -0.394 e. The average molecular weight is 387 g/mol. The van der Waals surface area contributed by atoms with Gasteiger partial charge >= 0.3 is 0 Å². The molecule has 7 heteroatoms. The van der Waals surface area contributed by atoms with Gasteiger partial charge in [-0.25, -0.2) is 0 Å². The molecule has 0 aromatic heterocycles. The summed E-state index contributed by atoms with van der Waals surface area (Å²) >= 11 is 0. The largest absolute Gasteiger partial charge is 0.394 e. The third-order valence-electron chi connectivity index (χ3n) is 1.87. The molecule has 0 aliphatic carbocycles. The van der Waals surface area contributed by atoms with Gasteiger partial charge in [-0.1, -0.05) is 0 Å². The number of rotatable bonds is 1. The molecular formula is C6H12O6Pb. The second-order valence-electron chi connectivity index (χ2n) is 2.72. The van der Waals surface area contributed by atoms with Crippen molar-refractivity contribution in [3.05, 3.63) is 0 Å². The van der Waals surface area contributed by atoms with E-state index in [1.165, 1.54) is 0 Å². The van der Waals surface area contributed by atoms with Crippen molar-refractivity contribution < 1.29 is 30.3 Å². The van der Waals surface area contributed by atoms with E-state index in [0.29, 0.717) is 0 Å². The van der Waals surface area contributed by atoms with Crippen molar-refractivity contribution in [3.8, 4) is 0 Å². The third kappa shape index (κ3) is 2.81. The second-order valence-corrected chi connectivity index (χ2v) is 2.72. The monoisotopic (exact) mass is 388 g/mol. The van der Waals surface area contributed by atoms with Gasteiger partial charge in [-0.15, -0.1) is 0 Å². The molecule has 1 heterocycles. The van der Waals surface area contributed by atoms with Crippen LogP contribution in [-0.4, -0.2) is 90.1 Å². The average Bonchev–Trinajstić information content (AvgIpc) is 2.08. The Morgan fingerprint density at radius 2 is 1.46 bits per heavy atom. The van der Waals surface area contributed by atoms with Crippen molar-refractivity contribution in [1.82, 2.24) is 0 Å². The van der Waals surface area contributed by atoms with Gasteiger partial charge in [0.05, 0.1) is 6.61 Å². The summed E-state index contributed by atoms with van der Waals surface area (Å²) in [6, 6.07) is 0. The van der Waals surface area contributed by atoms with Gasteiger partial charge in [0.25, 0.3) is 0 Å². The Kier molecular flexibility index (Phi) is 5.83. The van der Waals surface area contributed by atoms with Crippen molar-refractivity contribution in [2.24, 2.45) is 0 Å². The van der Waals surface area contributed by atoms with Crippen LogP contribution in [0.15, 0.2) is 0 Å². The topological polar surface area (TPSA) is 110 Å². The molecule has 5 atom stereocenters. The Morgan fingerprint density at radius 3 is 1.92 bits per heavy atom. The van der Waals surface area contributed by atoms with Crippen LogP contribution in [0.1, 0.15) is 0 Å². The predicted octanol–water partition coefficient (Wildman–Crippen LogP) is -3.60. The van der Waals surface area contributed by atoms with E-state index >= 15 is 0 Å². The molecule has 1 aliphatic rings. The van der Waals surface area contributed by atoms with Gasteiger partial charge in [0, 0.05) is 27.3 Å². The molecule has 0 spiro atoms. The summed E-state index contributed by atoms with van der Waals surface area (Å²) in [6.45, 7) is -0.526. The predicted molar refractivity (Wildman–Crippen MR) is 41.7 cm³/mol. The molecule has 1 aliphatic heterocycles. The van der Waals surface area contributed by atoms with Crippen LogP contribution in [-0.2, 0) is 4.74 Å². The summed E-state index contributed by atoms with van der Waals surface area (Å²) in [7, 11) is 0. The van der Waals surface area contributed by atoms with Gasteiger partial charge in [0.2, 0.25) is 0 Å². The van der Waals surface area contributed by atoms with E-state index in [-0.39, 0.29) is 27.3 Å². The summed E-state index contributed by atoms with van der Waals surface area (Å²) < 4.78 is 4.58. The summed E-state index contributed by atoms with van der Waals surface area (Å²) in [5.74, 6) is 0. The van der Waals surface area contributed by atoms with Crippen LogP contribution in [0.25, 0.3) is 0 Å². The molecule has 0 amide bonds. The van der Waals surface area contributed by atoms with E-state index in [1.54, 1.807) is 0 Å². The van der Waals surface area contributed by atoms with Gasteiger partial charge in [0.15, 0.2) is 6.29 Å². The molecule has 0 saturated carbocycles. The molecule has 1 fully saturated rings. The van der Waals surface area contributed by atoms with Crippen molar-refractivity contribution in [3.63, 3.8) is 0 Å². The molecule has 1 rings (SSSR count). The fourth-order valence-electron chi connectivity index (χ4n) is 1.08. The molecule has 76 valence electrons. The van der Waals surface area contributed by atoms with E-state index in [9.17, 15) is 0 Å². The fraction of sp³-hybridized carbons (Fsp3) is 1.00. The summed E-state index contributed by atoms with van der Waals surface area (Å²) in [6.07, 6.45) is -7.04. The maximum atomic E-state index is 9.12. The first-order valence-corrected chi connectivity index (χ1v) is 3.56. The third-order valence-corrected chi connectivity index (χ3v) is 1.87. The maximum absolute atomic E-state index is 9.12. The molecule has 0 aromatic carbocycles. The number of aliphatic hydroxyl groups excluding tert-OH is 5. The van der Waals surface area contributed by atoms with Crippen molar-refractivity contribution in [2.45, 2.75) is 30.7 Å². The molecule has 1 saturated heterocycles. The molecule has 13 heavy (non-hydrogen) atoms. The van der Waals surface area contributed by atoms with E-state index in [2.05, 4.69) is 4.74 Å². The van der Waals surface area contributed by atoms with Crippen LogP contribution in [0.3, 0.4) is 0 Å². The van der Waals surface area contributed by atoms with Crippen molar-refractivity contribution in [2.75, 3.05) is 6.61 Å². The quantitative estimate of drug-likeness (QED) is 0.298. The summed E-state index contributed by atoms with van der Waals surface area (Å²) in [5.41, 5.74) is 0. The zero-order valence-electron chi connectivity index (χ0n) is 6.74. The molecule has 0 bridgehead atoms. The second kappa shape index (κ2) is 5.54. The van der Waals surface area contributed by atoms with Gasteiger partial charge in [-0.05, 0) is 0 Å². The Hall–Kier alpha value is 0.682. The molecule has 0 aromatic rings. The Labute approximate surface area is 94.9 Å². The van der Waals surface area contributed by atoms with Crippen LogP contribution in [0, 0.1) is 0 Å². The van der Waals surface area contributed by atoms with Crippen LogP contribution in [0.5, 0.6) is 0 Å². The standard InChI is InChI=1S/C6H12O6.Pb/c7-1-2-3(8)4(9)5(10)6(11)12-2;/h2-11H,1H2;/t2-,3-,4+,5+,6?;/m1./s1. The number of aliphatic hydroxyl groups is 5. The summed E-state index contributed by atoms with van der Waals surface area (Å²) in [5, 5.41) is 44.7. The fourth-order valence-corrected chi connectivity index (χ4v) is 1.08. The van der Waals surface area contributed by atoms with Gasteiger partial charge in [-0.2, -0.15) is 0 Å². The number of hydrogen-bond acceptors (Lipinski definition) is 6. The smallest absolute Gasteiger partial charge is 0.184 e. The van der Waals surface area contributed by atoms with Crippen LogP contribution in [0.2, 0.25) is 0 Å². The molecule has 4 radical (unpaired) electrons. The molecular weight excluding hydrogens is 375 g/mol. The Morgan fingerprint density at radius 1 is 0.923 bits per heavy atom. The van der Waals surface area contributed by atoms with Crippen LogP contribution < -0.4 is 0 Å². The van der Waals surface area contributed by atoms with E-state index in [4.69, 9.17) is 25.5 Å².